The van der Waals surface area contributed by atoms with Crippen LogP contribution in [0.2, 0.25) is 0 Å². The van der Waals surface area contributed by atoms with Gasteiger partial charge in [0.05, 0.1) is 17.4 Å². The quantitative estimate of drug-likeness (QED) is 0.464. The molecule has 0 aliphatic rings. The van der Waals surface area contributed by atoms with Gasteiger partial charge in [-0.2, -0.15) is 0 Å². The van der Waals surface area contributed by atoms with Crippen LogP contribution >= 0.6 is 0 Å². The van der Waals surface area contributed by atoms with Crippen LogP contribution in [0.4, 0.5) is 0 Å². The number of nitrogens with zero attached hydrogens (tertiary/aromatic N) is 2. The molecule has 1 amide bonds. The van der Waals surface area contributed by atoms with Gasteiger partial charge in [0, 0.05) is 18.6 Å². The predicted molar refractivity (Wildman–Crippen MR) is 121 cm³/mol. The zero-order chi connectivity index (χ0) is 21.2. The van der Waals surface area contributed by atoms with Crippen LogP contribution in [0.25, 0.3) is 21.9 Å². The minimum atomic E-state index is -0.390. The Balaban J connectivity index is 1.26. The van der Waals surface area contributed by atoms with E-state index < -0.39 is 0 Å². The summed E-state index contributed by atoms with van der Waals surface area (Å²) in [5, 5.41) is 3.66. The fourth-order valence-corrected chi connectivity index (χ4v) is 3.69. The van der Waals surface area contributed by atoms with E-state index in [1.165, 1.54) is 0 Å². The van der Waals surface area contributed by atoms with Gasteiger partial charge >= 0.3 is 0 Å². The highest BCUT2D eigenvalue weighted by atomic mass is 16.2. The van der Waals surface area contributed by atoms with E-state index >= 15 is 0 Å². The molecule has 2 aromatic heterocycles. The smallest absolute Gasteiger partial charge is 0.261 e. The maximum atomic E-state index is 12.5. The first-order valence-electron chi connectivity index (χ1n) is 10.1. The summed E-state index contributed by atoms with van der Waals surface area (Å²) >= 11 is 0. The second-order valence-electron chi connectivity index (χ2n) is 7.46. The van der Waals surface area contributed by atoms with Crippen molar-refractivity contribution in [2.75, 3.05) is 0 Å². The number of amides is 1. The van der Waals surface area contributed by atoms with Crippen molar-refractivity contribution in [2.45, 2.75) is 13.1 Å². The van der Waals surface area contributed by atoms with Gasteiger partial charge in [0.25, 0.3) is 11.5 Å². The molecule has 0 unspecified atom stereocenters. The number of hydrogen-bond acceptors (Lipinski definition) is 3. The van der Waals surface area contributed by atoms with Crippen LogP contribution in [0.15, 0.2) is 90.0 Å². The number of rotatable bonds is 5. The van der Waals surface area contributed by atoms with Gasteiger partial charge in [-0.05, 0) is 40.8 Å². The number of carbonyl (C=O) groups excluding carboxylic acids is 1. The Morgan fingerprint density at radius 1 is 0.935 bits per heavy atom. The fourth-order valence-electron chi connectivity index (χ4n) is 3.69. The van der Waals surface area contributed by atoms with Gasteiger partial charge in [-0.1, -0.05) is 54.6 Å². The molecule has 0 saturated carbocycles. The number of nitrogens with one attached hydrogen (secondary N) is 2. The summed E-state index contributed by atoms with van der Waals surface area (Å²) < 4.78 is 2.11. The highest BCUT2D eigenvalue weighted by Gasteiger charge is 2.11. The molecule has 5 rings (SSSR count). The Labute approximate surface area is 178 Å². The molecular formula is C25H20N4O2. The summed E-state index contributed by atoms with van der Waals surface area (Å²) in [5.41, 5.74) is 4.62. The Morgan fingerprint density at radius 3 is 2.55 bits per heavy atom. The summed E-state index contributed by atoms with van der Waals surface area (Å²) in [7, 11) is 0. The van der Waals surface area contributed by atoms with Crippen molar-refractivity contribution in [1.82, 2.24) is 19.9 Å². The van der Waals surface area contributed by atoms with Gasteiger partial charge in [0.2, 0.25) is 0 Å². The number of fused-ring (bicyclic) bond motifs is 2. The zero-order valence-corrected chi connectivity index (χ0v) is 16.7. The summed E-state index contributed by atoms with van der Waals surface area (Å²) in [5.74, 6) is -0.388. The maximum absolute atomic E-state index is 12.5. The highest BCUT2D eigenvalue weighted by Crippen LogP contribution is 2.15. The number of imidazole rings is 1. The lowest BCUT2D eigenvalue weighted by atomic mass is 10.1. The van der Waals surface area contributed by atoms with Crippen molar-refractivity contribution < 1.29 is 4.79 Å². The molecule has 31 heavy (non-hydrogen) atoms. The molecule has 0 aliphatic heterocycles. The van der Waals surface area contributed by atoms with Crippen LogP contribution in [-0.2, 0) is 13.1 Å². The number of aromatic nitrogens is 3. The molecule has 0 saturated heterocycles. The first kappa shape index (κ1) is 18.8. The molecule has 0 aliphatic carbocycles. The van der Waals surface area contributed by atoms with Crippen LogP contribution in [0, 0.1) is 0 Å². The molecule has 6 heteroatoms. The normalized spacial score (nSPS) is 11.1. The van der Waals surface area contributed by atoms with Gasteiger partial charge in [0.1, 0.15) is 5.56 Å². The average Bonchev–Trinajstić information content (AvgIpc) is 3.21. The Kier molecular flexibility index (Phi) is 4.80. The van der Waals surface area contributed by atoms with Crippen molar-refractivity contribution in [2.24, 2.45) is 0 Å². The lowest BCUT2D eigenvalue weighted by molar-refractivity contribution is 0.0949. The van der Waals surface area contributed by atoms with Crippen molar-refractivity contribution in [3.63, 3.8) is 0 Å². The summed E-state index contributed by atoms with van der Waals surface area (Å²) in [6.07, 6.45) is 1.85. The number of para-hydroxylation sites is 3. The third kappa shape index (κ3) is 3.83. The summed E-state index contributed by atoms with van der Waals surface area (Å²) in [6.45, 7) is 1.07. The van der Waals surface area contributed by atoms with Gasteiger partial charge in [-0.25, -0.2) is 4.98 Å². The second kappa shape index (κ2) is 7.91. The van der Waals surface area contributed by atoms with Crippen molar-refractivity contribution >= 4 is 27.8 Å². The molecule has 0 spiro atoms. The van der Waals surface area contributed by atoms with E-state index in [-0.39, 0.29) is 17.0 Å². The molecule has 152 valence electrons. The monoisotopic (exact) mass is 408 g/mol. The first-order valence-corrected chi connectivity index (χ1v) is 10.1. The molecule has 0 radical (unpaired) electrons. The molecule has 0 bridgehead atoms. The number of H-pyrrole nitrogens is 1. The molecule has 6 nitrogen and oxygen atoms in total. The van der Waals surface area contributed by atoms with Gasteiger partial charge < -0.3 is 14.9 Å². The Bertz CT molecular complexity index is 1450. The van der Waals surface area contributed by atoms with Crippen molar-refractivity contribution in [3.05, 3.63) is 112 Å². The van der Waals surface area contributed by atoms with Gasteiger partial charge in [0.15, 0.2) is 0 Å². The standard InChI is InChI=1S/C25H20N4O2/c30-24(20-13-19-5-1-2-6-21(19)28-25(20)31)26-14-17-9-11-18(12-10-17)15-29-16-27-22-7-3-4-8-23(22)29/h1-13,16H,14-15H2,(H,26,30)(H,28,31). The van der Waals surface area contributed by atoms with Crippen LogP contribution in [0.5, 0.6) is 0 Å². The van der Waals surface area contributed by atoms with Gasteiger partial charge in [-0.15, -0.1) is 0 Å². The van der Waals surface area contributed by atoms with Crippen LogP contribution in [-0.4, -0.2) is 20.4 Å². The third-order valence-corrected chi connectivity index (χ3v) is 5.35. The van der Waals surface area contributed by atoms with Crippen molar-refractivity contribution in [3.8, 4) is 0 Å². The SMILES string of the molecule is O=C(NCc1ccc(Cn2cnc3ccccc32)cc1)c1cc2ccccc2[nH]c1=O. The summed E-state index contributed by atoms with van der Waals surface area (Å²) in [6, 6.07) is 25.1. The molecule has 0 fully saturated rings. The van der Waals surface area contributed by atoms with E-state index in [1.54, 1.807) is 6.07 Å². The Morgan fingerprint density at radius 2 is 1.68 bits per heavy atom. The molecule has 5 aromatic rings. The van der Waals surface area contributed by atoms with Crippen LogP contribution in [0.1, 0.15) is 21.5 Å². The van der Waals surface area contributed by atoms with E-state index in [0.29, 0.717) is 12.1 Å². The largest absolute Gasteiger partial charge is 0.348 e. The average molecular weight is 408 g/mol. The van der Waals surface area contributed by atoms with E-state index in [9.17, 15) is 9.59 Å². The maximum Gasteiger partial charge on any atom is 0.261 e. The number of benzene rings is 3. The molecule has 0 atom stereocenters. The molecule has 3 aromatic carbocycles. The van der Waals surface area contributed by atoms with E-state index in [2.05, 4.69) is 25.9 Å². The number of aromatic amines is 1. The van der Waals surface area contributed by atoms with Gasteiger partial charge in [-0.3, -0.25) is 9.59 Å². The topological polar surface area (TPSA) is 79.8 Å². The molecular weight excluding hydrogens is 388 g/mol. The lowest BCUT2D eigenvalue weighted by Gasteiger charge is -2.08. The minimum Gasteiger partial charge on any atom is -0.348 e. The highest BCUT2D eigenvalue weighted by molar-refractivity contribution is 5.97. The minimum absolute atomic E-state index is 0.113. The third-order valence-electron chi connectivity index (χ3n) is 5.35. The molecule has 2 heterocycles. The number of pyridine rings is 1. The van der Waals surface area contributed by atoms with Crippen LogP contribution < -0.4 is 10.9 Å². The van der Waals surface area contributed by atoms with E-state index in [1.807, 2.05) is 73.1 Å². The molecule has 2 N–H and O–H groups in total. The predicted octanol–water partition coefficient (Wildman–Crippen LogP) is 3.86. The van der Waals surface area contributed by atoms with Crippen molar-refractivity contribution in [1.29, 1.82) is 0 Å². The summed E-state index contributed by atoms with van der Waals surface area (Å²) in [4.78, 5) is 32.0. The zero-order valence-electron chi connectivity index (χ0n) is 16.7. The number of hydrogen-bond donors (Lipinski definition) is 2. The lowest BCUT2D eigenvalue weighted by Crippen LogP contribution is -2.29. The number of carbonyl (C=O) groups is 1. The van der Waals surface area contributed by atoms with E-state index in [0.717, 1.165) is 34.1 Å². The second-order valence-corrected chi connectivity index (χ2v) is 7.46. The fraction of sp³-hybridized carbons (Fsp3) is 0.0800. The van der Waals surface area contributed by atoms with Crippen LogP contribution in [0.3, 0.4) is 0 Å². The van der Waals surface area contributed by atoms with E-state index in [4.69, 9.17) is 0 Å². The first-order chi connectivity index (χ1) is 15.2. The Hall–Kier alpha value is -4.19.